The third-order valence-corrected chi connectivity index (χ3v) is 7.52. The lowest BCUT2D eigenvalue weighted by molar-refractivity contribution is -0.119. The SMILES string of the molecule is COc1cc(Cl)c(C)cc1NC(=O)COC(=O)c1ccc2c(c1)S(=O)(=O)c1ccccc1C2=O. The van der Waals surface area contributed by atoms with E-state index in [1.807, 2.05) is 0 Å². The van der Waals surface area contributed by atoms with Crippen molar-refractivity contribution in [3.05, 3.63) is 81.9 Å². The Labute approximate surface area is 200 Å². The molecule has 0 radical (unpaired) electrons. The number of hydrogen-bond acceptors (Lipinski definition) is 7. The van der Waals surface area contributed by atoms with E-state index in [-0.39, 0.29) is 26.5 Å². The third-order valence-electron chi connectivity index (χ3n) is 5.26. The van der Waals surface area contributed by atoms with Crippen molar-refractivity contribution in [2.24, 2.45) is 0 Å². The van der Waals surface area contributed by atoms with Gasteiger partial charge in [-0.05, 0) is 48.9 Å². The molecule has 34 heavy (non-hydrogen) atoms. The van der Waals surface area contributed by atoms with Crippen LogP contribution in [-0.2, 0) is 19.4 Å². The average molecular weight is 500 g/mol. The molecule has 0 saturated heterocycles. The number of nitrogens with one attached hydrogen (secondary N) is 1. The number of ketones is 1. The number of hydrogen-bond donors (Lipinski definition) is 1. The Morgan fingerprint density at radius 3 is 2.44 bits per heavy atom. The van der Waals surface area contributed by atoms with Gasteiger partial charge in [-0.3, -0.25) is 9.59 Å². The number of fused-ring (bicyclic) bond motifs is 2. The summed E-state index contributed by atoms with van der Waals surface area (Å²) in [5.41, 5.74) is 0.999. The molecule has 10 heteroatoms. The van der Waals surface area contributed by atoms with Crippen LogP contribution in [-0.4, -0.2) is 39.8 Å². The maximum absolute atomic E-state index is 13.0. The summed E-state index contributed by atoms with van der Waals surface area (Å²) in [6.07, 6.45) is 0. The van der Waals surface area contributed by atoms with Crippen LogP contribution in [0, 0.1) is 6.92 Å². The molecule has 1 N–H and O–H groups in total. The largest absolute Gasteiger partial charge is 0.495 e. The maximum Gasteiger partial charge on any atom is 0.338 e. The molecule has 1 aliphatic heterocycles. The van der Waals surface area contributed by atoms with Crippen LogP contribution in [0.1, 0.15) is 31.8 Å². The van der Waals surface area contributed by atoms with Gasteiger partial charge in [0.25, 0.3) is 5.91 Å². The Morgan fingerprint density at radius 1 is 1.00 bits per heavy atom. The molecule has 0 unspecified atom stereocenters. The molecule has 1 heterocycles. The minimum absolute atomic E-state index is 0.0294. The number of amides is 1. The van der Waals surface area contributed by atoms with E-state index in [1.54, 1.807) is 25.1 Å². The quantitative estimate of drug-likeness (QED) is 0.415. The lowest BCUT2D eigenvalue weighted by Crippen LogP contribution is -2.23. The van der Waals surface area contributed by atoms with E-state index in [4.69, 9.17) is 21.1 Å². The zero-order valence-electron chi connectivity index (χ0n) is 18.0. The van der Waals surface area contributed by atoms with Crippen molar-refractivity contribution in [3.63, 3.8) is 0 Å². The van der Waals surface area contributed by atoms with Crippen molar-refractivity contribution >= 4 is 44.8 Å². The summed E-state index contributed by atoms with van der Waals surface area (Å²) >= 11 is 6.05. The molecule has 3 aromatic rings. The number of rotatable bonds is 5. The minimum atomic E-state index is -4.01. The fourth-order valence-electron chi connectivity index (χ4n) is 3.54. The molecule has 8 nitrogen and oxygen atoms in total. The molecule has 0 fully saturated rings. The molecule has 0 bridgehead atoms. The predicted molar refractivity (Wildman–Crippen MR) is 123 cm³/mol. The number of sulfone groups is 1. The van der Waals surface area contributed by atoms with E-state index in [9.17, 15) is 22.8 Å². The summed E-state index contributed by atoms with van der Waals surface area (Å²) in [4.78, 5) is 37.1. The normalized spacial score (nSPS) is 13.4. The number of halogens is 1. The highest BCUT2D eigenvalue weighted by atomic mass is 35.5. The molecule has 3 aromatic carbocycles. The summed E-state index contributed by atoms with van der Waals surface area (Å²) in [6.45, 7) is 1.12. The van der Waals surface area contributed by atoms with Crippen molar-refractivity contribution in [2.45, 2.75) is 16.7 Å². The van der Waals surface area contributed by atoms with Crippen LogP contribution in [0.15, 0.2) is 64.4 Å². The van der Waals surface area contributed by atoms with Gasteiger partial charge in [-0.15, -0.1) is 0 Å². The zero-order chi connectivity index (χ0) is 24.6. The average Bonchev–Trinajstić information content (AvgIpc) is 2.83. The molecule has 1 aliphatic rings. The van der Waals surface area contributed by atoms with E-state index < -0.39 is 34.1 Å². The maximum atomic E-state index is 13.0. The molecule has 0 saturated carbocycles. The summed E-state index contributed by atoms with van der Waals surface area (Å²) in [5, 5.41) is 3.04. The first-order valence-corrected chi connectivity index (χ1v) is 11.8. The number of aryl methyl sites for hydroxylation is 1. The molecule has 0 spiro atoms. The van der Waals surface area contributed by atoms with Gasteiger partial charge in [0.1, 0.15) is 5.75 Å². The molecular formula is C24H18ClNO7S. The van der Waals surface area contributed by atoms with Gasteiger partial charge >= 0.3 is 5.97 Å². The number of methoxy groups -OCH3 is 1. The Hall–Kier alpha value is -3.69. The van der Waals surface area contributed by atoms with Crippen LogP contribution in [0.5, 0.6) is 5.75 Å². The van der Waals surface area contributed by atoms with E-state index in [1.165, 1.54) is 37.4 Å². The second-order valence-electron chi connectivity index (χ2n) is 7.47. The number of anilines is 1. The molecule has 0 aliphatic carbocycles. The van der Waals surface area contributed by atoms with Gasteiger partial charge in [-0.2, -0.15) is 0 Å². The number of carbonyl (C=O) groups is 3. The highest BCUT2D eigenvalue weighted by Crippen LogP contribution is 2.35. The van der Waals surface area contributed by atoms with Crippen molar-refractivity contribution in [1.29, 1.82) is 0 Å². The van der Waals surface area contributed by atoms with Crippen molar-refractivity contribution in [1.82, 2.24) is 0 Å². The van der Waals surface area contributed by atoms with E-state index in [0.29, 0.717) is 22.0 Å². The summed E-state index contributed by atoms with van der Waals surface area (Å²) in [7, 11) is -2.59. The van der Waals surface area contributed by atoms with E-state index >= 15 is 0 Å². The van der Waals surface area contributed by atoms with Crippen LogP contribution in [0.4, 0.5) is 5.69 Å². The molecule has 4 rings (SSSR count). The predicted octanol–water partition coefficient (Wildman–Crippen LogP) is 3.83. The zero-order valence-corrected chi connectivity index (χ0v) is 19.6. The highest BCUT2D eigenvalue weighted by Gasteiger charge is 2.35. The Kier molecular flexibility index (Phi) is 6.16. The van der Waals surface area contributed by atoms with Gasteiger partial charge in [0.2, 0.25) is 9.84 Å². The molecule has 174 valence electrons. The van der Waals surface area contributed by atoms with E-state index in [2.05, 4.69) is 5.32 Å². The first-order valence-electron chi connectivity index (χ1n) is 9.97. The Balaban J connectivity index is 1.51. The van der Waals surface area contributed by atoms with Crippen LogP contribution in [0.25, 0.3) is 0 Å². The molecule has 0 aromatic heterocycles. The van der Waals surface area contributed by atoms with Crippen LogP contribution >= 0.6 is 11.6 Å². The first kappa shape index (κ1) is 23.5. The highest BCUT2D eigenvalue weighted by molar-refractivity contribution is 7.91. The van der Waals surface area contributed by atoms with Crippen molar-refractivity contribution < 1.29 is 32.3 Å². The number of esters is 1. The van der Waals surface area contributed by atoms with Crippen molar-refractivity contribution in [2.75, 3.05) is 19.0 Å². The van der Waals surface area contributed by atoms with Gasteiger partial charge < -0.3 is 14.8 Å². The standard InChI is InChI=1S/C24H18ClNO7S/c1-13-9-18(19(32-2)11-17(13)25)26-22(27)12-33-24(29)14-7-8-16-21(10-14)34(30,31)20-6-4-3-5-15(20)23(16)28/h3-11H,12H2,1-2H3,(H,26,27). The molecular weight excluding hydrogens is 482 g/mol. The lowest BCUT2D eigenvalue weighted by Gasteiger charge is -2.19. The fraction of sp³-hybridized carbons (Fsp3) is 0.125. The minimum Gasteiger partial charge on any atom is -0.495 e. The monoisotopic (exact) mass is 499 g/mol. The van der Waals surface area contributed by atoms with Crippen LogP contribution in [0.3, 0.4) is 0 Å². The van der Waals surface area contributed by atoms with Gasteiger partial charge in [-0.25, -0.2) is 13.2 Å². The number of carbonyl (C=O) groups excluding carboxylic acids is 3. The smallest absolute Gasteiger partial charge is 0.338 e. The van der Waals surface area contributed by atoms with Crippen LogP contribution < -0.4 is 10.1 Å². The summed E-state index contributed by atoms with van der Waals surface area (Å²) in [5.74, 6) is -1.67. The second-order valence-corrected chi connectivity index (χ2v) is 9.76. The Bertz CT molecular complexity index is 1460. The van der Waals surface area contributed by atoms with Gasteiger partial charge in [0.15, 0.2) is 12.4 Å². The van der Waals surface area contributed by atoms with Gasteiger partial charge in [-0.1, -0.05) is 23.7 Å². The van der Waals surface area contributed by atoms with Gasteiger partial charge in [0, 0.05) is 22.2 Å². The van der Waals surface area contributed by atoms with Gasteiger partial charge in [0.05, 0.1) is 28.2 Å². The topological polar surface area (TPSA) is 116 Å². The summed E-state index contributed by atoms with van der Waals surface area (Å²) in [6, 6.07) is 12.7. The Morgan fingerprint density at radius 2 is 1.71 bits per heavy atom. The summed E-state index contributed by atoms with van der Waals surface area (Å²) < 4.78 is 36.3. The second kappa shape index (κ2) is 8.92. The number of ether oxygens (including phenoxy) is 2. The number of benzene rings is 3. The van der Waals surface area contributed by atoms with Crippen molar-refractivity contribution in [3.8, 4) is 5.75 Å². The first-order chi connectivity index (χ1) is 16.1. The van der Waals surface area contributed by atoms with Crippen LogP contribution in [0.2, 0.25) is 5.02 Å². The van der Waals surface area contributed by atoms with E-state index in [0.717, 1.165) is 6.07 Å². The molecule has 1 amide bonds. The molecule has 0 atom stereocenters. The lowest BCUT2D eigenvalue weighted by atomic mass is 10.0. The third kappa shape index (κ3) is 4.15. The fourth-order valence-corrected chi connectivity index (χ4v) is 5.37.